The van der Waals surface area contributed by atoms with Crippen LogP contribution in [0.1, 0.15) is 44.6 Å². The average Bonchev–Trinajstić information content (AvgIpc) is 3.00. The highest BCUT2D eigenvalue weighted by Gasteiger charge is 2.72. The highest BCUT2D eigenvalue weighted by Crippen LogP contribution is 2.71. The number of aromatic hydroxyl groups is 1. The quantitative estimate of drug-likeness (QED) is 0.894. The molecular formula is C22H31NO3. The minimum absolute atomic E-state index is 0.0513. The van der Waals surface area contributed by atoms with E-state index in [9.17, 15) is 5.11 Å². The molecule has 4 nitrogen and oxygen atoms in total. The van der Waals surface area contributed by atoms with Gasteiger partial charge in [0.1, 0.15) is 6.10 Å². The van der Waals surface area contributed by atoms with Gasteiger partial charge in [-0.1, -0.05) is 19.1 Å². The number of para-hydroxylation sites is 1. The van der Waals surface area contributed by atoms with Crippen molar-refractivity contribution in [3.63, 3.8) is 0 Å². The number of methoxy groups -OCH3 is 1. The molecule has 2 bridgehead atoms. The molecule has 1 saturated heterocycles. The van der Waals surface area contributed by atoms with E-state index < -0.39 is 0 Å². The lowest BCUT2D eigenvalue weighted by molar-refractivity contribution is -0.188. The van der Waals surface area contributed by atoms with Crippen molar-refractivity contribution >= 4 is 0 Å². The number of benzene rings is 1. The average molecular weight is 357 g/mol. The van der Waals surface area contributed by atoms with Gasteiger partial charge < -0.3 is 19.5 Å². The summed E-state index contributed by atoms with van der Waals surface area (Å²) < 4.78 is 12.3. The molecule has 1 aromatic rings. The fourth-order valence-electron chi connectivity index (χ4n) is 7.27. The predicted molar refractivity (Wildman–Crippen MR) is 101 cm³/mol. The molecule has 0 amide bonds. The molecule has 4 heteroatoms. The molecule has 3 aliphatic carbocycles. The van der Waals surface area contributed by atoms with Crippen LogP contribution < -0.4 is 4.74 Å². The topological polar surface area (TPSA) is 41.9 Å². The number of ether oxygens (including phenoxy) is 2. The second-order valence-corrected chi connectivity index (χ2v) is 9.03. The second-order valence-electron chi connectivity index (χ2n) is 9.03. The van der Waals surface area contributed by atoms with Crippen LogP contribution in [-0.2, 0) is 10.2 Å². The van der Waals surface area contributed by atoms with E-state index >= 15 is 0 Å². The lowest BCUT2D eigenvalue weighted by atomic mass is 9.39. The number of likely N-dealkylation sites (tertiary alicyclic amines) is 1. The predicted octanol–water partition coefficient (Wildman–Crippen LogP) is 3.57. The van der Waals surface area contributed by atoms with E-state index in [2.05, 4.69) is 17.9 Å². The summed E-state index contributed by atoms with van der Waals surface area (Å²) in [5.74, 6) is 2.26. The van der Waals surface area contributed by atoms with Gasteiger partial charge in [0.05, 0.1) is 0 Å². The number of phenolic OH excluding ortho intramolecular Hbond substituents is 1. The van der Waals surface area contributed by atoms with Gasteiger partial charge in [0.25, 0.3) is 0 Å². The maximum atomic E-state index is 10.5. The number of nitrogens with zero attached hydrogens (tertiary/aromatic N) is 1. The first-order valence-corrected chi connectivity index (χ1v) is 10.4. The van der Waals surface area contributed by atoms with Crippen LogP contribution in [0.4, 0.5) is 0 Å². The first-order chi connectivity index (χ1) is 12.7. The molecule has 3 saturated carbocycles. The second kappa shape index (κ2) is 5.87. The monoisotopic (exact) mass is 357 g/mol. The Bertz CT molecular complexity index is 707. The highest BCUT2D eigenvalue weighted by molar-refractivity contribution is 5.56. The van der Waals surface area contributed by atoms with E-state index in [1.165, 1.54) is 37.8 Å². The van der Waals surface area contributed by atoms with Gasteiger partial charge >= 0.3 is 0 Å². The number of fused-ring (bicyclic) bond motifs is 3. The molecule has 26 heavy (non-hydrogen) atoms. The summed E-state index contributed by atoms with van der Waals surface area (Å²) in [5.41, 5.74) is 1.54. The maximum absolute atomic E-state index is 10.5. The van der Waals surface area contributed by atoms with E-state index in [0.29, 0.717) is 17.6 Å². The van der Waals surface area contributed by atoms with E-state index in [-0.39, 0.29) is 16.9 Å². The summed E-state index contributed by atoms with van der Waals surface area (Å²) in [5, 5.41) is 10.5. The SMILES string of the molecule is CCCN1CCC23c4cccc(O)c4OC2C2CCC3(C1)C(COC)C2. The minimum atomic E-state index is 0.0513. The van der Waals surface area contributed by atoms with Crippen molar-refractivity contribution in [2.45, 2.75) is 50.5 Å². The summed E-state index contributed by atoms with van der Waals surface area (Å²) in [6.07, 6.45) is 6.30. The largest absolute Gasteiger partial charge is 0.504 e. The summed E-state index contributed by atoms with van der Waals surface area (Å²) in [6, 6.07) is 6.02. The molecule has 0 aromatic heterocycles. The maximum Gasteiger partial charge on any atom is 0.165 e. The van der Waals surface area contributed by atoms with Gasteiger partial charge in [0.15, 0.2) is 11.5 Å². The Morgan fingerprint density at radius 2 is 2.23 bits per heavy atom. The Labute approximate surface area is 156 Å². The summed E-state index contributed by atoms with van der Waals surface area (Å²) in [7, 11) is 1.85. The lowest BCUT2D eigenvalue weighted by Crippen LogP contribution is -2.72. The van der Waals surface area contributed by atoms with Gasteiger partial charge in [-0.05, 0) is 63.1 Å². The zero-order valence-corrected chi connectivity index (χ0v) is 16.0. The zero-order valence-electron chi connectivity index (χ0n) is 16.0. The van der Waals surface area contributed by atoms with Crippen molar-refractivity contribution in [2.75, 3.05) is 33.4 Å². The van der Waals surface area contributed by atoms with Crippen molar-refractivity contribution in [1.82, 2.24) is 4.90 Å². The number of rotatable bonds is 4. The Hall–Kier alpha value is -1.26. The number of hydrogen-bond donors (Lipinski definition) is 1. The smallest absolute Gasteiger partial charge is 0.165 e. The molecule has 1 aromatic carbocycles. The van der Waals surface area contributed by atoms with Gasteiger partial charge in [0.2, 0.25) is 0 Å². The molecule has 2 aliphatic heterocycles. The third-order valence-electron chi connectivity index (χ3n) is 8.09. The van der Waals surface area contributed by atoms with Gasteiger partial charge in [-0.15, -0.1) is 0 Å². The van der Waals surface area contributed by atoms with Crippen LogP contribution in [0, 0.1) is 17.3 Å². The standard InChI is InChI=1S/C22H31NO3/c1-3-10-23-11-9-22-17-5-4-6-18(24)19(17)26-20(22)15-7-8-21(22,14-23)16(12-15)13-25-2/h4-6,15-16,20,24H,3,7-14H2,1-2H3. The fourth-order valence-corrected chi connectivity index (χ4v) is 7.27. The van der Waals surface area contributed by atoms with Gasteiger partial charge in [-0.2, -0.15) is 0 Å². The molecule has 4 fully saturated rings. The zero-order chi connectivity index (χ0) is 17.9. The van der Waals surface area contributed by atoms with Crippen molar-refractivity contribution in [2.24, 2.45) is 17.3 Å². The first-order valence-electron chi connectivity index (χ1n) is 10.4. The molecule has 5 atom stereocenters. The van der Waals surface area contributed by atoms with Crippen molar-refractivity contribution in [1.29, 1.82) is 0 Å². The lowest BCUT2D eigenvalue weighted by Gasteiger charge is -2.67. The minimum Gasteiger partial charge on any atom is -0.504 e. The Morgan fingerprint density at radius 3 is 3.04 bits per heavy atom. The van der Waals surface area contributed by atoms with Gasteiger partial charge in [0, 0.05) is 36.7 Å². The van der Waals surface area contributed by atoms with Crippen LogP contribution in [0.5, 0.6) is 11.5 Å². The molecule has 142 valence electrons. The van der Waals surface area contributed by atoms with Crippen LogP contribution >= 0.6 is 0 Å². The van der Waals surface area contributed by atoms with E-state index in [1.807, 2.05) is 13.2 Å². The molecule has 5 unspecified atom stereocenters. The van der Waals surface area contributed by atoms with Crippen LogP contribution in [0.25, 0.3) is 0 Å². The molecule has 0 radical (unpaired) electrons. The summed E-state index contributed by atoms with van der Waals surface area (Å²) in [4.78, 5) is 2.68. The van der Waals surface area contributed by atoms with Crippen LogP contribution in [0.15, 0.2) is 18.2 Å². The summed E-state index contributed by atoms with van der Waals surface area (Å²) in [6.45, 7) is 6.59. The van der Waals surface area contributed by atoms with E-state index in [1.54, 1.807) is 6.07 Å². The van der Waals surface area contributed by atoms with Crippen LogP contribution in [-0.4, -0.2) is 49.5 Å². The Morgan fingerprint density at radius 1 is 1.35 bits per heavy atom. The molecule has 6 rings (SSSR count). The number of phenols is 1. The first kappa shape index (κ1) is 16.9. The Balaban J connectivity index is 1.68. The third-order valence-corrected chi connectivity index (χ3v) is 8.09. The van der Waals surface area contributed by atoms with E-state index in [4.69, 9.17) is 9.47 Å². The third kappa shape index (κ3) is 1.92. The van der Waals surface area contributed by atoms with Crippen LogP contribution in [0.2, 0.25) is 0 Å². The molecule has 5 aliphatic rings. The van der Waals surface area contributed by atoms with Gasteiger partial charge in [-0.3, -0.25) is 0 Å². The fraction of sp³-hybridized carbons (Fsp3) is 0.727. The number of piperidine rings is 1. The molecular weight excluding hydrogens is 326 g/mol. The number of hydrogen-bond acceptors (Lipinski definition) is 4. The highest BCUT2D eigenvalue weighted by atomic mass is 16.5. The van der Waals surface area contributed by atoms with Gasteiger partial charge in [-0.25, -0.2) is 0 Å². The van der Waals surface area contributed by atoms with E-state index in [0.717, 1.165) is 31.9 Å². The van der Waals surface area contributed by atoms with Crippen molar-refractivity contribution in [3.8, 4) is 11.5 Å². The van der Waals surface area contributed by atoms with Crippen molar-refractivity contribution < 1.29 is 14.6 Å². The summed E-state index contributed by atoms with van der Waals surface area (Å²) >= 11 is 0. The molecule has 1 N–H and O–H groups in total. The molecule has 2 heterocycles. The van der Waals surface area contributed by atoms with Crippen LogP contribution in [0.3, 0.4) is 0 Å². The normalized spacial score (nSPS) is 40.6. The molecule has 2 spiro atoms. The Kier molecular flexibility index (Phi) is 3.81. The van der Waals surface area contributed by atoms with Crippen molar-refractivity contribution in [3.05, 3.63) is 23.8 Å².